The van der Waals surface area contributed by atoms with Gasteiger partial charge in [-0.3, -0.25) is 28.8 Å². The third kappa shape index (κ3) is 15.4. The first-order valence-electron chi connectivity index (χ1n) is 30.0. The number of aryl methyl sites for hydroxylation is 2. The summed E-state index contributed by atoms with van der Waals surface area (Å²) in [7, 11) is 2.72. The van der Waals surface area contributed by atoms with Gasteiger partial charge in [0.2, 0.25) is 11.7 Å². The lowest BCUT2D eigenvalue weighted by Crippen LogP contribution is -2.47. The van der Waals surface area contributed by atoms with Crippen LogP contribution < -0.4 is 19.7 Å². The van der Waals surface area contributed by atoms with Gasteiger partial charge in [-0.2, -0.15) is 0 Å². The van der Waals surface area contributed by atoms with Gasteiger partial charge in [0.25, 0.3) is 11.8 Å². The lowest BCUT2D eigenvalue weighted by atomic mass is 9.92. The molecule has 8 aromatic rings. The van der Waals surface area contributed by atoms with Crippen LogP contribution in [0.2, 0.25) is 5.02 Å². The maximum Gasteiger partial charge on any atom is 0.269 e. The van der Waals surface area contributed by atoms with E-state index in [1.165, 1.54) is 47.8 Å². The number of hydrogen-bond donors (Lipinski definition) is 2. The molecule has 5 heterocycles. The van der Waals surface area contributed by atoms with Crippen molar-refractivity contribution >= 4 is 67.1 Å². The molecule has 20 nitrogen and oxygen atoms in total. The van der Waals surface area contributed by atoms with Crippen molar-refractivity contribution in [1.29, 1.82) is 0 Å². The number of amides is 3. The second-order valence-corrected chi connectivity index (χ2v) is 25.5. The van der Waals surface area contributed by atoms with Crippen LogP contribution in [0, 0.1) is 24.4 Å². The van der Waals surface area contributed by atoms with Crippen molar-refractivity contribution in [2.24, 2.45) is 7.05 Å². The summed E-state index contributed by atoms with van der Waals surface area (Å²) in [5, 5.41) is 11.3. The number of benzene rings is 5. The first-order chi connectivity index (χ1) is 44.2. The number of methoxy groups -OCH3 is 1. The number of carbonyl (C=O) groups excluding carboxylic acids is 4. The number of anilines is 1. The molecule has 3 amide bonds. The molecule has 2 N–H and O–H groups in total. The summed E-state index contributed by atoms with van der Waals surface area (Å²) < 4.78 is 99.5. The van der Waals surface area contributed by atoms with Gasteiger partial charge in [0.1, 0.15) is 45.3 Å². The summed E-state index contributed by atoms with van der Waals surface area (Å²) in [5.41, 5.74) is 3.46. The number of ether oxygens (including phenoxy) is 4. The number of rotatable bonds is 26. The van der Waals surface area contributed by atoms with Gasteiger partial charge in [0.15, 0.2) is 5.82 Å². The number of fused-ring (bicyclic) bond motifs is 1. The Hall–Kier alpha value is -8.81. The molecule has 1 fully saturated rings. The molecule has 1 saturated heterocycles. The third-order valence-electron chi connectivity index (χ3n) is 16.4. The number of ketones is 1. The van der Waals surface area contributed by atoms with Gasteiger partial charge in [0, 0.05) is 142 Å². The molecule has 92 heavy (non-hydrogen) atoms. The molecule has 0 aliphatic carbocycles. The van der Waals surface area contributed by atoms with Crippen LogP contribution in [0.3, 0.4) is 0 Å². The number of hydrogen-bond acceptors (Lipinski definition) is 14. The predicted octanol–water partition coefficient (Wildman–Crippen LogP) is 9.21. The van der Waals surface area contributed by atoms with Gasteiger partial charge in [-0.25, -0.2) is 21.6 Å². The lowest BCUT2D eigenvalue weighted by Gasteiger charge is -2.36. The average molecular weight is 1300 g/mol. The highest BCUT2D eigenvalue weighted by Crippen LogP contribution is 2.43. The Balaban J connectivity index is 0.699. The third-order valence-corrected chi connectivity index (χ3v) is 17.6. The Kier molecular flexibility index (Phi) is 21.0. The highest BCUT2D eigenvalue weighted by atomic mass is 35.5. The van der Waals surface area contributed by atoms with Crippen LogP contribution in [0.15, 0.2) is 116 Å². The Bertz CT molecular complexity index is 4170. The minimum atomic E-state index is -3.66. The van der Waals surface area contributed by atoms with Crippen LogP contribution in [0.1, 0.15) is 72.5 Å². The molecule has 5 aromatic carbocycles. The van der Waals surface area contributed by atoms with Crippen LogP contribution in [0.25, 0.3) is 38.7 Å². The van der Waals surface area contributed by atoms with E-state index in [0.717, 1.165) is 62.4 Å². The van der Waals surface area contributed by atoms with Gasteiger partial charge in [-0.15, -0.1) is 5.10 Å². The van der Waals surface area contributed by atoms with E-state index in [4.69, 9.17) is 30.5 Å². The van der Waals surface area contributed by atoms with Crippen molar-refractivity contribution in [3.63, 3.8) is 0 Å². The molecule has 0 unspecified atom stereocenters. The van der Waals surface area contributed by atoms with E-state index in [1.54, 1.807) is 85.6 Å². The zero-order valence-corrected chi connectivity index (χ0v) is 53.5. The number of aromatic amines is 1. The zero-order chi connectivity index (χ0) is 65.4. The van der Waals surface area contributed by atoms with Gasteiger partial charge in [0.05, 0.1) is 74.8 Å². The zero-order valence-electron chi connectivity index (χ0n) is 51.9. The molecule has 0 spiro atoms. The van der Waals surface area contributed by atoms with E-state index >= 15 is 13.2 Å². The van der Waals surface area contributed by atoms with E-state index in [0.29, 0.717) is 83.5 Å². The average Bonchev–Trinajstić information content (AvgIpc) is 1.54. The van der Waals surface area contributed by atoms with Gasteiger partial charge < -0.3 is 48.5 Å². The number of nitrogens with one attached hydrogen (secondary N) is 2. The van der Waals surface area contributed by atoms with Crippen molar-refractivity contribution in [3.05, 3.63) is 177 Å². The Labute approximate surface area is 536 Å². The lowest BCUT2D eigenvalue weighted by molar-refractivity contribution is -0.131. The highest BCUT2D eigenvalue weighted by molar-refractivity contribution is 7.90. The summed E-state index contributed by atoms with van der Waals surface area (Å²) in [6.45, 7) is 7.92. The number of piperazine rings is 1. The molecule has 2 aliphatic heterocycles. The number of nitrogens with zero attached hydrogens (tertiary/aromatic N) is 8. The number of carbonyl (C=O) groups is 4. The van der Waals surface area contributed by atoms with E-state index in [1.807, 2.05) is 24.3 Å². The molecule has 25 heteroatoms. The number of sulfone groups is 1. The van der Waals surface area contributed by atoms with Crippen molar-refractivity contribution in [3.8, 4) is 33.8 Å². The van der Waals surface area contributed by atoms with Gasteiger partial charge in [-0.05, 0) is 108 Å². The van der Waals surface area contributed by atoms with Crippen LogP contribution in [0.4, 0.5) is 18.9 Å². The maximum absolute atomic E-state index is 16.8. The second-order valence-electron chi connectivity index (χ2n) is 22.9. The fraction of sp³-hybridized carbons (Fsp3) is 0.343. The van der Waals surface area contributed by atoms with Crippen molar-refractivity contribution in [2.45, 2.75) is 32.4 Å². The molecule has 0 bridgehead atoms. The smallest absolute Gasteiger partial charge is 0.269 e. The van der Waals surface area contributed by atoms with E-state index in [2.05, 4.69) is 30.4 Å². The summed E-state index contributed by atoms with van der Waals surface area (Å²) in [4.78, 5) is 66.1. The molecular weight excluding hydrogens is 1230 g/mol. The predicted molar refractivity (Wildman–Crippen MR) is 345 cm³/mol. The standard InChI is InChI=1S/C67H72ClF3N10O10S/c1-42-54(69)18-19-55(70)60(42)61-53(66(84)74-57(41-92(6,86)87)44-9-7-11-46(68)35-44)40-77(4)64(61)65(83)43-12-15-48(16-13-43)91-34-33-90-32-31-89-30-29-78-25-27-79(28-26-78)47-14-17-49(58(36-47)88-5)51-37-50(62(71)63-52(51)38-56(73-63)67(85)76(2)3)45-10-8-22-80(39-45)59(82)20-23-81-24-21-72-75-81/h7,9-19,21,24,35-38,40,57,73H,8,20,22-23,25-34,39,41H2,1-6H3,(H,74,84)/t57-/m0/s1. The van der Waals surface area contributed by atoms with Crippen LogP contribution >= 0.6 is 11.6 Å². The first kappa shape index (κ1) is 66.1. The number of aromatic nitrogens is 5. The monoisotopic (exact) mass is 1300 g/mol. The summed E-state index contributed by atoms with van der Waals surface area (Å²) in [6, 6.07) is 22.8. The van der Waals surface area contributed by atoms with Gasteiger partial charge in [-0.1, -0.05) is 35.0 Å². The van der Waals surface area contributed by atoms with Crippen LogP contribution in [-0.4, -0.2) is 183 Å². The molecule has 1 atom stereocenters. The van der Waals surface area contributed by atoms with Gasteiger partial charge >= 0.3 is 0 Å². The SMILES string of the molecule is COc1cc(N2CCN(CCOCCOCCOc3ccc(C(=O)c4c(-c5c(F)ccc(F)c5C)c(C(=O)N[C@@H](CS(C)(=O)=O)c5cccc(Cl)c5)cn4C)cc3)CC2)ccc1-c1cc(C2=CCCN(C(=O)CCn3ccnn3)C2)c(F)c2[nH]c(C(=O)N(C)C)cc12. The number of H-pyrrole nitrogens is 1. The summed E-state index contributed by atoms with van der Waals surface area (Å²) in [5.74, 6) is -3.42. The fourth-order valence-electron chi connectivity index (χ4n) is 11.6. The minimum absolute atomic E-state index is 0.0737. The summed E-state index contributed by atoms with van der Waals surface area (Å²) >= 11 is 6.23. The second kappa shape index (κ2) is 29.2. The van der Waals surface area contributed by atoms with E-state index < -0.39 is 50.8 Å². The molecule has 3 aromatic heterocycles. The van der Waals surface area contributed by atoms with E-state index in [9.17, 15) is 27.6 Å². The molecule has 484 valence electrons. The normalized spacial score (nSPS) is 14.1. The molecule has 0 saturated carbocycles. The van der Waals surface area contributed by atoms with Crippen molar-refractivity contribution < 1.29 is 59.7 Å². The Morgan fingerprint density at radius 3 is 2.27 bits per heavy atom. The molecule has 10 rings (SSSR count). The maximum atomic E-state index is 16.8. The Morgan fingerprint density at radius 2 is 1.57 bits per heavy atom. The Morgan fingerprint density at radius 1 is 0.826 bits per heavy atom. The topological polar surface area (TPSA) is 216 Å². The largest absolute Gasteiger partial charge is 0.496 e. The van der Waals surface area contributed by atoms with Crippen molar-refractivity contribution in [1.82, 2.24) is 44.6 Å². The first-order valence-corrected chi connectivity index (χ1v) is 32.4. The van der Waals surface area contributed by atoms with Crippen molar-refractivity contribution in [2.75, 3.05) is 117 Å². The van der Waals surface area contributed by atoms with E-state index in [-0.39, 0.29) is 82.7 Å². The summed E-state index contributed by atoms with van der Waals surface area (Å²) in [6.07, 6.45) is 8.35. The minimum Gasteiger partial charge on any atom is -0.496 e. The molecule has 0 radical (unpaired) electrons. The molecular formula is C67H72ClF3N10O10S. The number of halogens is 4. The van der Waals surface area contributed by atoms with Crippen LogP contribution in [-0.2, 0) is 37.7 Å². The fourth-order valence-corrected chi connectivity index (χ4v) is 12.7. The van der Waals surface area contributed by atoms with Crippen LogP contribution in [0.5, 0.6) is 11.5 Å². The molecule has 2 aliphatic rings. The highest BCUT2D eigenvalue weighted by Gasteiger charge is 2.33. The quantitative estimate of drug-likeness (QED) is 0.0382.